The van der Waals surface area contributed by atoms with Gasteiger partial charge < -0.3 is 18.8 Å². The quantitative estimate of drug-likeness (QED) is 0.472. The molecule has 0 unspecified atom stereocenters. The first-order valence-electron chi connectivity index (χ1n) is 9.10. The molecular weight excluding hydrogens is 386 g/mol. The Bertz CT molecular complexity index is 1100. The van der Waals surface area contributed by atoms with Crippen molar-refractivity contribution < 1.29 is 28.6 Å². The molecule has 3 rings (SSSR count). The minimum absolute atomic E-state index is 0.0727. The molecule has 0 atom stereocenters. The molecule has 154 valence electrons. The molecule has 0 aliphatic rings. The van der Waals surface area contributed by atoms with E-state index in [4.69, 9.17) is 14.2 Å². The topological polar surface area (TPSA) is 83.8 Å². The Morgan fingerprint density at radius 2 is 1.23 bits per heavy atom. The Morgan fingerprint density at radius 3 is 1.77 bits per heavy atom. The molecule has 0 N–H and O–H groups in total. The number of aryl methyl sites for hydroxylation is 1. The maximum Gasteiger partial charge on any atom is 0.355 e. The molecule has 7 heteroatoms. The van der Waals surface area contributed by atoms with Crippen molar-refractivity contribution in [2.45, 2.75) is 6.92 Å². The predicted molar refractivity (Wildman–Crippen MR) is 110 cm³/mol. The van der Waals surface area contributed by atoms with Gasteiger partial charge in [-0.1, -0.05) is 48.0 Å². The minimum atomic E-state index is -0.848. The summed E-state index contributed by atoms with van der Waals surface area (Å²) in [6, 6.07) is 16.2. The second-order valence-electron chi connectivity index (χ2n) is 6.46. The van der Waals surface area contributed by atoms with Gasteiger partial charge in [-0.05, 0) is 24.6 Å². The molecule has 0 saturated carbocycles. The lowest BCUT2D eigenvalue weighted by atomic mass is 10.0. The third-order valence-electron chi connectivity index (χ3n) is 4.67. The van der Waals surface area contributed by atoms with Crippen LogP contribution in [0.15, 0.2) is 54.6 Å². The standard InChI is InChI=1S/C23H21NO6/c1-14-10-12-16(13-11-14)24-19(15-8-6-5-7-9-15)17(21(25)28-2)18(22(26)29-3)20(24)23(27)30-4/h5-13H,1-4H3. The zero-order chi connectivity index (χ0) is 21.8. The number of hydrogen-bond donors (Lipinski definition) is 0. The molecule has 7 nitrogen and oxygen atoms in total. The molecule has 30 heavy (non-hydrogen) atoms. The number of hydrogen-bond acceptors (Lipinski definition) is 6. The van der Waals surface area contributed by atoms with E-state index in [1.54, 1.807) is 36.4 Å². The van der Waals surface area contributed by atoms with Crippen molar-refractivity contribution in [3.63, 3.8) is 0 Å². The lowest BCUT2D eigenvalue weighted by Gasteiger charge is -2.14. The second-order valence-corrected chi connectivity index (χ2v) is 6.46. The van der Waals surface area contributed by atoms with Gasteiger partial charge in [0.15, 0.2) is 0 Å². The van der Waals surface area contributed by atoms with E-state index in [0.29, 0.717) is 16.9 Å². The summed E-state index contributed by atoms with van der Waals surface area (Å²) >= 11 is 0. The van der Waals surface area contributed by atoms with E-state index >= 15 is 0 Å². The second kappa shape index (κ2) is 8.65. The van der Waals surface area contributed by atoms with Crippen LogP contribution in [0.2, 0.25) is 0 Å². The van der Waals surface area contributed by atoms with Crippen LogP contribution in [-0.2, 0) is 14.2 Å². The molecule has 0 aliphatic carbocycles. The van der Waals surface area contributed by atoms with Gasteiger partial charge in [-0.25, -0.2) is 14.4 Å². The van der Waals surface area contributed by atoms with Gasteiger partial charge in [-0.3, -0.25) is 0 Å². The summed E-state index contributed by atoms with van der Waals surface area (Å²) in [7, 11) is 3.59. The number of carbonyl (C=O) groups is 3. The van der Waals surface area contributed by atoms with Crippen LogP contribution < -0.4 is 0 Å². The lowest BCUT2D eigenvalue weighted by Crippen LogP contribution is -2.16. The maximum atomic E-state index is 12.8. The van der Waals surface area contributed by atoms with Gasteiger partial charge in [0.05, 0.1) is 27.0 Å². The highest BCUT2D eigenvalue weighted by atomic mass is 16.5. The zero-order valence-corrected chi connectivity index (χ0v) is 17.1. The maximum absolute atomic E-state index is 12.8. The number of benzene rings is 2. The summed E-state index contributed by atoms with van der Waals surface area (Å²) in [5.74, 6) is -2.41. The van der Waals surface area contributed by atoms with Gasteiger partial charge in [-0.15, -0.1) is 0 Å². The molecule has 3 aromatic rings. The molecule has 0 amide bonds. The summed E-state index contributed by atoms with van der Waals surface area (Å²) in [4.78, 5) is 38.4. The fourth-order valence-electron chi connectivity index (χ4n) is 3.29. The molecule has 1 aromatic heterocycles. The molecule has 0 aliphatic heterocycles. The summed E-state index contributed by atoms with van der Waals surface area (Å²) in [6.45, 7) is 1.93. The Labute approximate surface area is 173 Å². The smallest absolute Gasteiger partial charge is 0.355 e. The fraction of sp³-hybridized carbons (Fsp3) is 0.174. The van der Waals surface area contributed by atoms with E-state index in [1.165, 1.54) is 25.9 Å². The number of esters is 3. The zero-order valence-electron chi connectivity index (χ0n) is 17.1. The van der Waals surface area contributed by atoms with Crippen molar-refractivity contribution in [3.8, 4) is 16.9 Å². The summed E-state index contributed by atoms with van der Waals surface area (Å²) in [5, 5.41) is 0. The highest BCUT2D eigenvalue weighted by molar-refractivity contribution is 6.14. The molecule has 0 saturated heterocycles. The molecule has 0 spiro atoms. The number of methoxy groups -OCH3 is 3. The monoisotopic (exact) mass is 407 g/mol. The lowest BCUT2D eigenvalue weighted by molar-refractivity contribution is 0.0536. The summed E-state index contributed by atoms with van der Waals surface area (Å²) in [6.07, 6.45) is 0. The van der Waals surface area contributed by atoms with Gasteiger partial charge >= 0.3 is 17.9 Å². The van der Waals surface area contributed by atoms with Crippen molar-refractivity contribution in [1.29, 1.82) is 0 Å². The molecule has 1 heterocycles. The van der Waals surface area contributed by atoms with E-state index in [9.17, 15) is 14.4 Å². The number of nitrogens with zero attached hydrogens (tertiary/aromatic N) is 1. The first-order valence-corrected chi connectivity index (χ1v) is 9.10. The Morgan fingerprint density at radius 1 is 0.700 bits per heavy atom. The van der Waals surface area contributed by atoms with Gasteiger partial charge in [-0.2, -0.15) is 0 Å². The average molecular weight is 407 g/mol. The van der Waals surface area contributed by atoms with Gasteiger partial charge in [0.2, 0.25) is 0 Å². The van der Waals surface area contributed by atoms with E-state index in [1.807, 2.05) is 25.1 Å². The van der Waals surface area contributed by atoms with E-state index < -0.39 is 17.9 Å². The highest BCUT2D eigenvalue weighted by Crippen LogP contribution is 2.36. The first-order chi connectivity index (χ1) is 14.4. The van der Waals surface area contributed by atoms with Crippen LogP contribution in [0.3, 0.4) is 0 Å². The normalized spacial score (nSPS) is 10.4. The van der Waals surface area contributed by atoms with Crippen LogP contribution in [-0.4, -0.2) is 43.8 Å². The van der Waals surface area contributed by atoms with E-state index in [2.05, 4.69) is 0 Å². The largest absolute Gasteiger partial charge is 0.465 e. The van der Waals surface area contributed by atoms with Crippen molar-refractivity contribution in [2.75, 3.05) is 21.3 Å². The predicted octanol–water partition coefficient (Wildman–Crippen LogP) is 3.81. The molecule has 0 bridgehead atoms. The Balaban J connectivity index is 2.56. The van der Waals surface area contributed by atoms with Crippen LogP contribution in [0.4, 0.5) is 0 Å². The van der Waals surface area contributed by atoms with Crippen LogP contribution in [0.1, 0.15) is 36.8 Å². The molecular formula is C23H21NO6. The minimum Gasteiger partial charge on any atom is -0.465 e. The molecule has 0 fully saturated rings. The Kier molecular flexibility index (Phi) is 6.01. The fourth-order valence-corrected chi connectivity index (χ4v) is 3.29. The van der Waals surface area contributed by atoms with Crippen LogP contribution in [0, 0.1) is 6.92 Å². The van der Waals surface area contributed by atoms with Crippen molar-refractivity contribution in [3.05, 3.63) is 77.0 Å². The molecule has 2 aromatic carbocycles. The summed E-state index contributed by atoms with van der Waals surface area (Å²) < 4.78 is 16.3. The van der Waals surface area contributed by atoms with Crippen LogP contribution >= 0.6 is 0 Å². The third kappa shape index (κ3) is 3.57. The van der Waals surface area contributed by atoms with Gasteiger partial charge in [0.25, 0.3) is 0 Å². The highest BCUT2D eigenvalue weighted by Gasteiger charge is 2.37. The SMILES string of the molecule is COC(=O)c1c(C(=O)OC)c(-c2ccccc2)n(-c2ccc(C)cc2)c1C(=O)OC. The average Bonchev–Trinajstić information content (AvgIpc) is 3.14. The van der Waals surface area contributed by atoms with Crippen molar-refractivity contribution in [1.82, 2.24) is 4.57 Å². The van der Waals surface area contributed by atoms with Crippen LogP contribution in [0.5, 0.6) is 0 Å². The van der Waals surface area contributed by atoms with Crippen molar-refractivity contribution in [2.24, 2.45) is 0 Å². The first kappa shape index (κ1) is 20.9. The number of aromatic nitrogens is 1. The van der Waals surface area contributed by atoms with Crippen molar-refractivity contribution >= 4 is 17.9 Å². The third-order valence-corrected chi connectivity index (χ3v) is 4.67. The number of ether oxygens (including phenoxy) is 3. The summed E-state index contributed by atoms with van der Waals surface area (Å²) in [5.41, 5.74) is 2.11. The number of rotatable bonds is 5. The van der Waals surface area contributed by atoms with E-state index in [-0.39, 0.29) is 16.8 Å². The van der Waals surface area contributed by atoms with Gasteiger partial charge in [0.1, 0.15) is 16.8 Å². The molecule has 0 radical (unpaired) electrons. The van der Waals surface area contributed by atoms with Gasteiger partial charge in [0, 0.05) is 5.69 Å². The Hall–Kier alpha value is -3.87. The number of carbonyl (C=O) groups excluding carboxylic acids is 3. The van der Waals surface area contributed by atoms with E-state index in [0.717, 1.165) is 5.56 Å². The van der Waals surface area contributed by atoms with Crippen LogP contribution in [0.25, 0.3) is 16.9 Å².